The van der Waals surface area contributed by atoms with Gasteiger partial charge in [-0.2, -0.15) is 8.42 Å². The van der Waals surface area contributed by atoms with Crippen LogP contribution < -0.4 is 5.73 Å². The number of hydrogen-bond acceptors (Lipinski definition) is 6. The molecule has 0 heterocycles. The first-order valence-corrected chi connectivity index (χ1v) is 8.89. The average molecular weight is 331 g/mol. The topological polar surface area (TPSA) is 135 Å². The Morgan fingerprint density at radius 2 is 1.67 bits per heavy atom. The normalized spacial score (nSPS) is 12.7. The maximum atomic E-state index is 11.9. The molecular formula is C12H13NO6S2. The Balaban J connectivity index is 2.84. The predicted molar refractivity (Wildman–Crippen MR) is 77.3 cm³/mol. The van der Waals surface area contributed by atoms with Crippen LogP contribution in [0.25, 0.3) is 10.8 Å². The van der Waals surface area contributed by atoms with E-state index < -0.39 is 37.2 Å². The van der Waals surface area contributed by atoms with Crippen LogP contribution in [0.15, 0.2) is 40.1 Å². The highest BCUT2D eigenvalue weighted by atomic mass is 32.2. The van der Waals surface area contributed by atoms with Gasteiger partial charge in [0.15, 0.2) is 9.84 Å². The van der Waals surface area contributed by atoms with Gasteiger partial charge in [-0.25, -0.2) is 8.42 Å². The van der Waals surface area contributed by atoms with E-state index in [1.165, 1.54) is 18.2 Å². The Morgan fingerprint density at radius 3 is 2.24 bits per heavy atom. The van der Waals surface area contributed by atoms with Crippen molar-refractivity contribution < 1.29 is 26.5 Å². The van der Waals surface area contributed by atoms with E-state index in [0.717, 1.165) is 12.1 Å². The van der Waals surface area contributed by atoms with Crippen LogP contribution in [0, 0.1) is 0 Å². The molecule has 0 aliphatic rings. The fraction of sp³-hybridized carbons (Fsp3) is 0.167. The lowest BCUT2D eigenvalue weighted by atomic mass is 10.1. The third kappa shape index (κ3) is 3.00. The predicted octanol–water partition coefficient (Wildman–Crippen LogP) is 0.435. The molecule has 0 aliphatic carbocycles. The van der Waals surface area contributed by atoms with Crippen molar-refractivity contribution in [2.24, 2.45) is 0 Å². The van der Waals surface area contributed by atoms with Crippen LogP contribution in [-0.2, 0) is 20.0 Å². The summed E-state index contributed by atoms with van der Waals surface area (Å²) in [4.78, 5) is -0.577. The summed E-state index contributed by atoms with van der Waals surface area (Å²) in [7, 11) is -8.26. The number of anilines is 1. The fourth-order valence-electron chi connectivity index (χ4n) is 1.98. The molecule has 4 N–H and O–H groups in total. The van der Waals surface area contributed by atoms with Crippen LogP contribution in [-0.4, -0.2) is 38.9 Å². The minimum Gasteiger partial charge on any atom is -0.398 e. The van der Waals surface area contributed by atoms with Gasteiger partial charge in [0, 0.05) is 16.5 Å². The molecule has 2 rings (SSSR count). The lowest BCUT2D eigenvalue weighted by Crippen LogP contribution is -2.10. The molecule has 0 atom stereocenters. The quantitative estimate of drug-likeness (QED) is 0.546. The Bertz CT molecular complexity index is 903. The molecule has 0 saturated carbocycles. The van der Waals surface area contributed by atoms with Crippen molar-refractivity contribution in [3.63, 3.8) is 0 Å². The summed E-state index contributed by atoms with van der Waals surface area (Å²) in [6.07, 6.45) is 0. The molecule has 0 fully saturated rings. The Morgan fingerprint density at radius 1 is 1.00 bits per heavy atom. The number of nitrogens with two attached hydrogens (primary N) is 1. The molecule has 2 aromatic rings. The summed E-state index contributed by atoms with van der Waals surface area (Å²) in [5.41, 5.74) is 5.97. The number of aliphatic hydroxyl groups is 1. The summed E-state index contributed by atoms with van der Waals surface area (Å²) >= 11 is 0. The second-order valence-corrected chi connectivity index (χ2v) is 7.88. The molecular weight excluding hydrogens is 318 g/mol. The zero-order valence-corrected chi connectivity index (χ0v) is 12.4. The van der Waals surface area contributed by atoms with E-state index in [1.807, 2.05) is 0 Å². The molecule has 0 aliphatic heterocycles. The number of hydrogen-bond donors (Lipinski definition) is 3. The van der Waals surface area contributed by atoms with E-state index in [9.17, 15) is 21.4 Å². The van der Waals surface area contributed by atoms with E-state index in [0.29, 0.717) is 5.39 Å². The zero-order valence-electron chi connectivity index (χ0n) is 10.7. The van der Waals surface area contributed by atoms with E-state index in [-0.39, 0.29) is 16.0 Å². The molecule has 0 unspecified atom stereocenters. The molecule has 0 saturated heterocycles. The second-order valence-electron chi connectivity index (χ2n) is 4.38. The number of aliphatic hydroxyl groups excluding tert-OH is 1. The monoisotopic (exact) mass is 331 g/mol. The van der Waals surface area contributed by atoms with Crippen molar-refractivity contribution in [3.05, 3.63) is 30.3 Å². The summed E-state index contributed by atoms with van der Waals surface area (Å²) in [5.74, 6) is -0.484. The molecule has 9 heteroatoms. The highest BCUT2D eigenvalue weighted by Crippen LogP contribution is 2.30. The number of sulfone groups is 1. The molecule has 0 spiro atoms. The fourth-order valence-corrected chi connectivity index (χ4v) is 3.72. The van der Waals surface area contributed by atoms with Gasteiger partial charge in [-0.05, 0) is 24.3 Å². The van der Waals surface area contributed by atoms with Gasteiger partial charge in [-0.3, -0.25) is 4.55 Å². The van der Waals surface area contributed by atoms with Gasteiger partial charge in [0.25, 0.3) is 10.1 Å². The van der Waals surface area contributed by atoms with E-state index in [4.69, 9.17) is 10.8 Å². The smallest absolute Gasteiger partial charge is 0.295 e. The highest BCUT2D eigenvalue weighted by Gasteiger charge is 2.19. The van der Waals surface area contributed by atoms with Crippen molar-refractivity contribution in [2.75, 3.05) is 18.1 Å². The van der Waals surface area contributed by atoms with Crippen molar-refractivity contribution in [1.82, 2.24) is 0 Å². The van der Waals surface area contributed by atoms with Gasteiger partial charge in [-0.15, -0.1) is 0 Å². The van der Waals surface area contributed by atoms with Crippen molar-refractivity contribution in [3.8, 4) is 0 Å². The number of fused-ring (bicyclic) bond motifs is 1. The van der Waals surface area contributed by atoms with Crippen LogP contribution in [0.4, 0.5) is 5.69 Å². The Labute approximate surface area is 121 Å². The highest BCUT2D eigenvalue weighted by molar-refractivity contribution is 7.91. The molecule has 0 amide bonds. The van der Waals surface area contributed by atoms with Crippen molar-refractivity contribution in [1.29, 1.82) is 0 Å². The summed E-state index contributed by atoms with van der Waals surface area (Å²) in [6.45, 7) is -0.553. The van der Waals surface area contributed by atoms with Crippen LogP contribution in [0.1, 0.15) is 0 Å². The van der Waals surface area contributed by atoms with Gasteiger partial charge in [0.1, 0.15) is 4.90 Å². The van der Waals surface area contributed by atoms with Crippen LogP contribution >= 0.6 is 0 Å². The molecule has 7 nitrogen and oxygen atoms in total. The third-order valence-corrected chi connectivity index (χ3v) is 5.58. The second kappa shape index (κ2) is 5.26. The third-order valence-electron chi connectivity index (χ3n) is 2.98. The van der Waals surface area contributed by atoms with E-state index >= 15 is 0 Å². The molecule has 114 valence electrons. The maximum Gasteiger partial charge on any atom is 0.295 e. The largest absolute Gasteiger partial charge is 0.398 e. The van der Waals surface area contributed by atoms with Crippen molar-refractivity contribution >= 4 is 36.4 Å². The number of rotatable bonds is 4. The van der Waals surface area contributed by atoms with Gasteiger partial charge >= 0.3 is 0 Å². The summed E-state index contributed by atoms with van der Waals surface area (Å²) < 4.78 is 55.8. The minimum atomic E-state index is -4.52. The van der Waals surface area contributed by atoms with Crippen LogP contribution in [0.2, 0.25) is 0 Å². The van der Waals surface area contributed by atoms with Gasteiger partial charge < -0.3 is 10.8 Å². The van der Waals surface area contributed by atoms with Gasteiger partial charge in [0.2, 0.25) is 0 Å². The standard InChI is InChI=1S/C12H13NO6S2/c13-11-3-4-12(21(17,18)19)10-7-8(1-2-9(10)11)20(15,16)6-5-14/h1-4,7,14H,5-6,13H2,(H,17,18,19). The van der Waals surface area contributed by atoms with E-state index in [1.54, 1.807) is 0 Å². The lowest BCUT2D eigenvalue weighted by Gasteiger charge is -2.09. The Hall–Kier alpha value is -1.68. The van der Waals surface area contributed by atoms with Crippen molar-refractivity contribution in [2.45, 2.75) is 9.79 Å². The van der Waals surface area contributed by atoms with Gasteiger partial charge in [-0.1, -0.05) is 6.07 Å². The Kier molecular flexibility index (Phi) is 3.93. The molecule has 0 bridgehead atoms. The van der Waals surface area contributed by atoms with Gasteiger partial charge in [0.05, 0.1) is 17.3 Å². The van der Waals surface area contributed by atoms with Crippen LogP contribution in [0.5, 0.6) is 0 Å². The first-order chi connectivity index (χ1) is 9.66. The molecule has 0 radical (unpaired) electrons. The maximum absolute atomic E-state index is 11.9. The molecule has 21 heavy (non-hydrogen) atoms. The SMILES string of the molecule is Nc1ccc(S(=O)(=O)O)c2cc(S(=O)(=O)CCO)ccc12. The minimum absolute atomic E-state index is 0.0107. The number of benzene rings is 2. The van der Waals surface area contributed by atoms with Crippen LogP contribution in [0.3, 0.4) is 0 Å². The molecule has 0 aromatic heterocycles. The van der Waals surface area contributed by atoms with E-state index in [2.05, 4.69) is 0 Å². The summed E-state index contributed by atoms with van der Waals surface area (Å²) in [5, 5.41) is 9.09. The lowest BCUT2D eigenvalue weighted by molar-refractivity contribution is 0.319. The first kappa shape index (κ1) is 15.7. The average Bonchev–Trinajstić information content (AvgIpc) is 2.37. The first-order valence-electron chi connectivity index (χ1n) is 5.80. The number of nitrogen functional groups attached to an aromatic ring is 1. The summed E-state index contributed by atoms with van der Waals surface area (Å²) in [6, 6.07) is 6.18. The zero-order chi connectivity index (χ0) is 15.8. The molecule has 2 aromatic carbocycles.